The van der Waals surface area contributed by atoms with Crippen molar-refractivity contribution in [2.45, 2.75) is 13.5 Å². The Kier molecular flexibility index (Phi) is 4.88. The molecule has 0 heterocycles. The van der Waals surface area contributed by atoms with Crippen molar-refractivity contribution in [3.63, 3.8) is 0 Å². The lowest BCUT2D eigenvalue weighted by atomic mass is 10.2. The zero-order valence-electron chi connectivity index (χ0n) is 8.74. The second-order valence-electron chi connectivity index (χ2n) is 3.56. The summed E-state index contributed by atoms with van der Waals surface area (Å²) < 4.78 is 5.45. The lowest BCUT2D eigenvalue weighted by Crippen LogP contribution is -2.12. The fourth-order valence-electron chi connectivity index (χ4n) is 1.07. The van der Waals surface area contributed by atoms with Gasteiger partial charge in [0.15, 0.2) is 0 Å². The van der Waals surface area contributed by atoms with Gasteiger partial charge in [-0.25, -0.2) is 0 Å². The molecule has 15 heavy (non-hydrogen) atoms. The third kappa shape index (κ3) is 3.70. The van der Waals surface area contributed by atoms with Crippen molar-refractivity contribution in [3.05, 3.63) is 28.8 Å². The van der Waals surface area contributed by atoms with Crippen LogP contribution in [0.15, 0.2) is 18.2 Å². The molecule has 0 radical (unpaired) electrons. The van der Waals surface area contributed by atoms with Crippen LogP contribution in [0.3, 0.4) is 0 Å². The Hall–Kier alpha value is -0.770. The van der Waals surface area contributed by atoms with Gasteiger partial charge in [-0.05, 0) is 17.7 Å². The summed E-state index contributed by atoms with van der Waals surface area (Å²) in [5.41, 5.74) is 6.39. The van der Waals surface area contributed by atoms with E-state index in [1.807, 2.05) is 19.1 Å². The number of hydrogen-bond acceptors (Lipinski definition) is 3. The van der Waals surface area contributed by atoms with E-state index in [4.69, 9.17) is 27.2 Å². The maximum atomic E-state index is 8.83. The molecule has 0 bridgehead atoms. The molecule has 84 valence electrons. The van der Waals surface area contributed by atoms with Crippen molar-refractivity contribution < 1.29 is 9.84 Å². The zero-order chi connectivity index (χ0) is 11.3. The Bertz CT molecular complexity index is 317. The molecule has 1 rings (SSSR count). The Morgan fingerprint density at radius 2 is 2.27 bits per heavy atom. The van der Waals surface area contributed by atoms with E-state index >= 15 is 0 Å². The summed E-state index contributed by atoms with van der Waals surface area (Å²) >= 11 is 5.97. The van der Waals surface area contributed by atoms with Gasteiger partial charge in [0.2, 0.25) is 0 Å². The van der Waals surface area contributed by atoms with Gasteiger partial charge in [0, 0.05) is 24.1 Å². The standard InChI is InChI=1S/C11H16ClNO2/c1-8(6-14)7-15-10-3-2-9(5-13)11(12)4-10/h2-4,8,14H,5-7,13H2,1H3. The predicted molar refractivity (Wildman–Crippen MR) is 61.1 cm³/mol. The van der Waals surface area contributed by atoms with E-state index in [1.54, 1.807) is 6.07 Å². The van der Waals surface area contributed by atoms with Gasteiger partial charge in [0.25, 0.3) is 0 Å². The summed E-state index contributed by atoms with van der Waals surface area (Å²) in [7, 11) is 0. The quantitative estimate of drug-likeness (QED) is 0.810. The highest BCUT2D eigenvalue weighted by atomic mass is 35.5. The maximum Gasteiger partial charge on any atom is 0.120 e. The van der Waals surface area contributed by atoms with Crippen molar-refractivity contribution >= 4 is 11.6 Å². The molecular formula is C11H16ClNO2. The van der Waals surface area contributed by atoms with Crippen LogP contribution in [0.2, 0.25) is 5.02 Å². The van der Waals surface area contributed by atoms with E-state index < -0.39 is 0 Å². The highest BCUT2D eigenvalue weighted by Gasteiger charge is 2.03. The molecule has 0 amide bonds. The van der Waals surface area contributed by atoms with Crippen molar-refractivity contribution in [3.8, 4) is 5.75 Å². The number of aliphatic hydroxyl groups excluding tert-OH is 1. The average Bonchev–Trinajstić information content (AvgIpc) is 2.26. The number of ether oxygens (including phenoxy) is 1. The first-order chi connectivity index (χ1) is 7.17. The van der Waals surface area contributed by atoms with E-state index in [0.29, 0.717) is 23.9 Å². The van der Waals surface area contributed by atoms with Gasteiger partial charge in [-0.15, -0.1) is 0 Å². The number of benzene rings is 1. The van der Waals surface area contributed by atoms with E-state index in [2.05, 4.69) is 0 Å². The summed E-state index contributed by atoms with van der Waals surface area (Å²) in [6.07, 6.45) is 0. The summed E-state index contributed by atoms with van der Waals surface area (Å²) in [5.74, 6) is 0.829. The van der Waals surface area contributed by atoms with E-state index in [-0.39, 0.29) is 12.5 Å². The minimum atomic E-state index is 0.120. The average molecular weight is 230 g/mol. The van der Waals surface area contributed by atoms with E-state index in [9.17, 15) is 0 Å². The molecular weight excluding hydrogens is 214 g/mol. The number of hydrogen-bond donors (Lipinski definition) is 2. The van der Waals surface area contributed by atoms with E-state index in [0.717, 1.165) is 5.56 Å². The van der Waals surface area contributed by atoms with Crippen LogP contribution >= 0.6 is 11.6 Å². The minimum absolute atomic E-state index is 0.120. The van der Waals surface area contributed by atoms with Gasteiger partial charge in [-0.1, -0.05) is 24.6 Å². The Balaban J connectivity index is 2.59. The van der Waals surface area contributed by atoms with E-state index in [1.165, 1.54) is 0 Å². The monoisotopic (exact) mass is 229 g/mol. The predicted octanol–water partition coefficient (Wildman–Crippen LogP) is 1.81. The van der Waals surface area contributed by atoms with Gasteiger partial charge < -0.3 is 15.6 Å². The fourth-order valence-corrected chi connectivity index (χ4v) is 1.32. The topological polar surface area (TPSA) is 55.5 Å². The van der Waals surface area contributed by atoms with Crippen LogP contribution in [-0.4, -0.2) is 18.3 Å². The molecule has 3 nitrogen and oxygen atoms in total. The molecule has 1 aromatic rings. The van der Waals surface area contributed by atoms with Crippen LogP contribution < -0.4 is 10.5 Å². The van der Waals surface area contributed by atoms with Crippen LogP contribution in [0.4, 0.5) is 0 Å². The van der Waals surface area contributed by atoms with Gasteiger partial charge in [0.05, 0.1) is 6.61 Å². The van der Waals surface area contributed by atoms with Gasteiger partial charge in [0.1, 0.15) is 5.75 Å². The Morgan fingerprint density at radius 3 is 2.80 bits per heavy atom. The van der Waals surface area contributed by atoms with Crippen LogP contribution in [-0.2, 0) is 6.54 Å². The zero-order valence-corrected chi connectivity index (χ0v) is 9.50. The van der Waals surface area contributed by atoms with Gasteiger partial charge in [-0.3, -0.25) is 0 Å². The van der Waals surface area contributed by atoms with Crippen LogP contribution in [0.25, 0.3) is 0 Å². The third-order valence-corrected chi connectivity index (χ3v) is 2.44. The largest absolute Gasteiger partial charge is 0.493 e. The normalized spacial score (nSPS) is 12.5. The number of rotatable bonds is 5. The maximum absolute atomic E-state index is 8.83. The van der Waals surface area contributed by atoms with Crippen molar-refractivity contribution in [2.75, 3.05) is 13.2 Å². The molecule has 4 heteroatoms. The lowest BCUT2D eigenvalue weighted by Gasteiger charge is -2.11. The number of nitrogens with two attached hydrogens (primary N) is 1. The molecule has 0 fully saturated rings. The first-order valence-corrected chi connectivity index (χ1v) is 5.27. The van der Waals surface area contributed by atoms with Gasteiger partial charge in [-0.2, -0.15) is 0 Å². The van der Waals surface area contributed by atoms with Crippen LogP contribution in [0.5, 0.6) is 5.75 Å². The molecule has 0 aliphatic carbocycles. The van der Waals surface area contributed by atoms with Crippen LogP contribution in [0.1, 0.15) is 12.5 Å². The molecule has 1 atom stereocenters. The third-order valence-electron chi connectivity index (χ3n) is 2.09. The highest BCUT2D eigenvalue weighted by molar-refractivity contribution is 6.31. The molecule has 0 saturated heterocycles. The van der Waals surface area contributed by atoms with Gasteiger partial charge >= 0.3 is 0 Å². The van der Waals surface area contributed by atoms with Crippen molar-refractivity contribution in [2.24, 2.45) is 11.7 Å². The van der Waals surface area contributed by atoms with Crippen molar-refractivity contribution in [1.29, 1.82) is 0 Å². The molecule has 0 spiro atoms. The second kappa shape index (κ2) is 5.95. The molecule has 0 aliphatic heterocycles. The Morgan fingerprint density at radius 1 is 1.53 bits per heavy atom. The summed E-state index contributed by atoms with van der Waals surface area (Å²) in [4.78, 5) is 0. The molecule has 0 aromatic heterocycles. The molecule has 3 N–H and O–H groups in total. The first kappa shape index (κ1) is 12.3. The highest BCUT2D eigenvalue weighted by Crippen LogP contribution is 2.22. The first-order valence-electron chi connectivity index (χ1n) is 4.89. The minimum Gasteiger partial charge on any atom is -0.493 e. The number of halogens is 1. The second-order valence-corrected chi connectivity index (χ2v) is 3.96. The molecule has 0 saturated carbocycles. The smallest absolute Gasteiger partial charge is 0.120 e. The Labute approximate surface area is 94.8 Å². The molecule has 1 aromatic carbocycles. The summed E-state index contributed by atoms with van der Waals surface area (Å²) in [6, 6.07) is 5.42. The SMILES string of the molecule is CC(CO)COc1ccc(CN)c(Cl)c1. The fraction of sp³-hybridized carbons (Fsp3) is 0.455. The molecule has 0 aliphatic rings. The number of aliphatic hydroxyl groups is 1. The van der Waals surface area contributed by atoms with Crippen LogP contribution in [0, 0.1) is 5.92 Å². The summed E-state index contributed by atoms with van der Waals surface area (Å²) in [5, 5.41) is 9.44. The molecule has 1 unspecified atom stereocenters. The summed E-state index contributed by atoms with van der Waals surface area (Å²) in [6.45, 7) is 2.94. The van der Waals surface area contributed by atoms with Crippen molar-refractivity contribution in [1.82, 2.24) is 0 Å². The lowest BCUT2D eigenvalue weighted by molar-refractivity contribution is 0.174.